The van der Waals surface area contributed by atoms with Gasteiger partial charge in [0, 0.05) is 23.6 Å². The van der Waals surface area contributed by atoms with E-state index in [1.165, 1.54) is 10.2 Å². The highest BCUT2D eigenvalue weighted by Crippen LogP contribution is 2.46. The zero-order valence-corrected chi connectivity index (χ0v) is 16.9. The number of nitrogens with one attached hydrogen (secondary N) is 1. The molecule has 3 heterocycles. The number of aryl methyl sites for hydroxylation is 1. The molecule has 3 aromatic heterocycles. The zero-order chi connectivity index (χ0) is 21.5. The summed E-state index contributed by atoms with van der Waals surface area (Å²) in [6.07, 6.45) is 6.33. The second-order valence-corrected chi connectivity index (χ2v) is 7.91. The Balaban J connectivity index is 1.50. The smallest absolute Gasteiger partial charge is 0.259 e. The summed E-state index contributed by atoms with van der Waals surface area (Å²) in [4.78, 5) is 13.0. The molecule has 0 bridgehead atoms. The Morgan fingerprint density at radius 1 is 1.23 bits per heavy atom. The van der Waals surface area contributed by atoms with E-state index < -0.39 is 13.0 Å². The SMILES string of the molecule is Cc1cc(C2CC2)c(-c2cnn(CC(F)F)c2)cc1NC(=O)c1cnn2ccccc12. The summed E-state index contributed by atoms with van der Waals surface area (Å²) in [6, 6.07) is 9.56. The van der Waals surface area contributed by atoms with Crippen LogP contribution < -0.4 is 5.32 Å². The van der Waals surface area contributed by atoms with Crippen LogP contribution in [-0.2, 0) is 6.54 Å². The van der Waals surface area contributed by atoms with Crippen molar-refractivity contribution in [2.45, 2.75) is 38.7 Å². The predicted molar refractivity (Wildman–Crippen MR) is 114 cm³/mol. The van der Waals surface area contributed by atoms with E-state index >= 15 is 0 Å². The van der Waals surface area contributed by atoms with Gasteiger partial charge in [-0.15, -0.1) is 0 Å². The molecule has 1 saturated carbocycles. The van der Waals surface area contributed by atoms with Crippen molar-refractivity contribution in [3.05, 3.63) is 71.8 Å². The average Bonchev–Trinajstić information content (AvgIpc) is 3.33. The normalized spacial score (nSPS) is 13.8. The van der Waals surface area contributed by atoms with E-state index in [2.05, 4.69) is 21.6 Å². The van der Waals surface area contributed by atoms with Gasteiger partial charge < -0.3 is 5.32 Å². The van der Waals surface area contributed by atoms with E-state index in [-0.39, 0.29) is 5.91 Å². The molecule has 1 aromatic carbocycles. The van der Waals surface area contributed by atoms with E-state index in [1.807, 2.05) is 31.2 Å². The molecule has 0 aliphatic heterocycles. The van der Waals surface area contributed by atoms with Crippen molar-refractivity contribution in [3.63, 3.8) is 0 Å². The van der Waals surface area contributed by atoms with E-state index in [4.69, 9.17) is 0 Å². The number of benzene rings is 1. The maximum absolute atomic E-state index is 13.0. The molecule has 1 aliphatic carbocycles. The van der Waals surface area contributed by atoms with Gasteiger partial charge in [0.15, 0.2) is 0 Å². The summed E-state index contributed by atoms with van der Waals surface area (Å²) in [5, 5.41) is 11.3. The van der Waals surface area contributed by atoms with E-state index in [0.29, 0.717) is 17.2 Å². The number of carbonyl (C=O) groups is 1. The number of fused-ring (bicyclic) bond motifs is 1. The van der Waals surface area contributed by atoms with E-state index in [0.717, 1.165) is 35.0 Å². The van der Waals surface area contributed by atoms with Crippen LogP contribution in [-0.4, -0.2) is 31.7 Å². The number of hydrogen-bond donors (Lipinski definition) is 1. The molecule has 1 N–H and O–H groups in total. The molecule has 31 heavy (non-hydrogen) atoms. The van der Waals surface area contributed by atoms with Gasteiger partial charge in [0.1, 0.15) is 6.54 Å². The number of nitrogens with zero attached hydrogens (tertiary/aromatic N) is 4. The minimum atomic E-state index is -2.46. The van der Waals surface area contributed by atoms with Crippen molar-refractivity contribution < 1.29 is 13.6 Å². The van der Waals surface area contributed by atoms with Crippen molar-refractivity contribution >= 4 is 17.1 Å². The lowest BCUT2D eigenvalue weighted by Gasteiger charge is -2.14. The summed E-state index contributed by atoms with van der Waals surface area (Å²) < 4.78 is 28.4. The first-order chi connectivity index (χ1) is 15.0. The summed E-state index contributed by atoms with van der Waals surface area (Å²) >= 11 is 0. The predicted octanol–water partition coefficient (Wildman–Crippen LogP) is 4.90. The molecule has 1 fully saturated rings. The highest BCUT2D eigenvalue weighted by Gasteiger charge is 2.28. The molecule has 5 rings (SSSR count). The van der Waals surface area contributed by atoms with Crippen molar-refractivity contribution in [1.82, 2.24) is 19.4 Å². The van der Waals surface area contributed by atoms with Crippen molar-refractivity contribution in [2.75, 3.05) is 5.32 Å². The maximum Gasteiger partial charge on any atom is 0.259 e. The van der Waals surface area contributed by atoms with Gasteiger partial charge in [-0.05, 0) is 60.6 Å². The molecule has 4 aromatic rings. The molecule has 0 unspecified atom stereocenters. The minimum Gasteiger partial charge on any atom is -0.322 e. The summed E-state index contributed by atoms with van der Waals surface area (Å²) in [7, 11) is 0. The number of rotatable bonds is 6. The zero-order valence-electron chi connectivity index (χ0n) is 16.9. The van der Waals surface area contributed by atoms with Crippen molar-refractivity contribution in [1.29, 1.82) is 0 Å². The molecule has 0 spiro atoms. The Hall–Kier alpha value is -3.55. The fraction of sp³-hybridized carbons (Fsp3) is 0.261. The second-order valence-electron chi connectivity index (χ2n) is 7.91. The Bertz CT molecular complexity index is 1270. The fourth-order valence-corrected chi connectivity index (χ4v) is 3.89. The number of carbonyl (C=O) groups excluding carboxylic acids is 1. The third kappa shape index (κ3) is 3.81. The monoisotopic (exact) mass is 421 g/mol. The minimum absolute atomic E-state index is 0.247. The van der Waals surface area contributed by atoms with Gasteiger partial charge in [-0.25, -0.2) is 13.3 Å². The van der Waals surface area contributed by atoms with Crippen LogP contribution in [0.3, 0.4) is 0 Å². The standard InChI is InChI=1S/C23H21F2N5O/c1-14-8-17(15-5-6-15)18(16-10-26-29(12-16)13-22(24)25)9-20(14)28-23(31)19-11-27-30-7-3-2-4-21(19)30/h2-4,7-12,15,22H,5-6,13H2,1H3,(H,28,31). The molecule has 0 radical (unpaired) electrons. The largest absolute Gasteiger partial charge is 0.322 e. The number of aromatic nitrogens is 4. The van der Waals surface area contributed by atoms with Gasteiger partial charge in [-0.3, -0.25) is 9.48 Å². The Kier molecular flexibility index (Phi) is 4.77. The van der Waals surface area contributed by atoms with Gasteiger partial charge >= 0.3 is 0 Å². The number of amides is 1. The Morgan fingerprint density at radius 2 is 2.06 bits per heavy atom. The number of anilines is 1. The number of alkyl halides is 2. The molecule has 0 atom stereocenters. The number of halogens is 2. The molecule has 1 aliphatic rings. The number of pyridine rings is 1. The van der Waals surface area contributed by atoms with Crippen LogP contribution in [0.1, 0.15) is 40.2 Å². The average molecular weight is 421 g/mol. The highest BCUT2D eigenvalue weighted by atomic mass is 19.3. The lowest BCUT2D eigenvalue weighted by molar-refractivity contribution is 0.102. The van der Waals surface area contributed by atoms with Crippen LogP contribution in [0.2, 0.25) is 0 Å². The first-order valence-electron chi connectivity index (χ1n) is 10.2. The highest BCUT2D eigenvalue weighted by molar-refractivity contribution is 6.09. The third-order valence-corrected chi connectivity index (χ3v) is 5.60. The molecule has 0 saturated heterocycles. The van der Waals surface area contributed by atoms with E-state index in [9.17, 15) is 13.6 Å². The quantitative estimate of drug-likeness (QED) is 0.482. The fourth-order valence-electron chi connectivity index (χ4n) is 3.89. The van der Waals surface area contributed by atoms with Gasteiger partial charge in [-0.2, -0.15) is 10.2 Å². The maximum atomic E-state index is 13.0. The Labute approximate surface area is 177 Å². The van der Waals surface area contributed by atoms with Crippen LogP contribution in [0.15, 0.2) is 55.1 Å². The van der Waals surface area contributed by atoms with Crippen molar-refractivity contribution in [2.24, 2.45) is 0 Å². The van der Waals surface area contributed by atoms with Crippen molar-refractivity contribution in [3.8, 4) is 11.1 Å². The topological polar surface area (TPSA) is 64.2 Å². The second kappa shape index (κ2) is 7.61. The first kappa shape index (κ1) is 19.4. The van der Waals surface area contributed by atoms with Gasteiger partial charge in [0.25, 0.3) is 12.3 Å². The third-order valence-electron chi connectivity index (χ3n) is 5.60. The molecule has 1 amide bonds. The van der Waals surface area contributed by atoms with Gasteiger partial charge in [0.2, 0.25) is 0 Å². The molecule has 158 valence electrons. The first-order valence-corrected chi connectivity index (χ1v) is 10.2. The molecular weight excluding hydrogens is 400 g/mol. The lowest BCUT2D eigenvalue weighted by Crippen LogP contribution is -2.13. The summed E-state index contributed by atoms with van der Waals surface area (Å²) in [5.41, 5.74) is 5.70. The molecular formula is C23H21F2N5O. The van der Waals surface area contributed by atoms with Crippen LogP contribution >= 0.6 is 0 Å². The van der Waals surface area contributed by atoms with Crippen LogP contribution in [0.4, 0.5) is 14.5 Å². The van der Waals surface area contributed by atoms with Gasteiger partial charge in [-0.1, -0.05) is 12.1 Å². The van der Waals surface area contributed by atoms with Crippen LogP contribution in [0, 0.1) is 6.92 Å². The molecule has 6 nitrogen and oxygen atoms in total. The van der Waals surface area contributed by atoms with E-state index in [1.54, 1.807) is 29.3 Å². The Morgan fingerprint density at radius 3 is 2.84 bits per heavy atom. The summed E-state index contributed by atoms with van der Waals surface area (Å²) in [5.74, 6) is 0.208. The molecule has 8 heteroatoms. The van der Waals surface area contributed by atoms with Crippen LogP contribution in [0.25, 0.3) is 16.6 Å². The summed E-state index contributed by atoms with van der Waals surface area (Å²) in [6.45, 7) is 1.52. The number of hydrogen-bond acceptors (Lipinski definition) is 3. The lowest BCUT2D eigenvalue weighted by atomic mass is 9.95. The van der Waals surface area contributed by atoms with Gasteiger partial charge in [0.05, 0.1) is 23.5 Å². The van der Waals surface area contributed by atoms with Crippen LogP contribution in [0.5, 0.6) is 0 Å².